The predicted octanol–water partition coefficient (Wildman–Crippen LogP) is 3.34. The summed E-state index contributed by atoms with van der Waals surface area (Å²) in [5.74, 6) is 0.815. The van der Waals surface area contributed by atoms with E-state index in [0.717, 1.165) is 32.9 Å². The van der Waals surface area contributed by atoms with E-state index in [1.54, 1.807) is 7.11 Å². The summed E-state index contributed by atoms with van der Waals surface area (Å²) in [6.45, 7) is 6.04. The molecule has 1 aromatic carbocycles. The van der Waals surface area contributed by atoms with Gasteiger partial charge in [0.2, 0.25) is 0 Å². The second kappa shape index (κ2) is 4.18. The quantitative estimate of drug-likeness (QED) is 0.906. The van der Waals surface area contributed by atoms with E-state index in [-0.39, 0.29) is 0 Å². The lowest BCUT2D eigenvalue weighted by atomic mass is 9.98. The third kappa shape index (κ3) is 1.78. The zero-order valence-corrected chi connectivity index (χ0v) is 12.2. The van der Waals surface area contributed by atoms with Gasteiger partial charge in [0.15, 0.2) is 0 Å². The van der Waals surface area contributed by atoms with E-state index in [0.29, 0.717) is 0 Å². The molecule has 0 saturated heterocycles. The van der Waals surface area contributed by atoms with Gasteiger partial charge in [-0.15, -0.1) is 0 Å². The zero-order valence-electron chi connectivity index (χ0n) is 11.5. The van der Waals surface area contributed by atoms with Gasteiger partial charge in [0.05, 0.1) is 23.2 Å². The van der Waals surface area contributed by atoms with Gasteiger partial charge >= 0.3 is 0 Å². The highest BCUT2D eigenvalue weighted by atomic mass is 35.5. The van der Waals surface area contributed by atoms with Gasteiger partial charge in [-0.2, -0.15) is 0 Å². The number of aromatic nitrogens is 1. The van der Waals surface area contributed by atoms with E-state index in [2.05, 4.69) is 11.5 Å². The van der Waals surface area contributed by atoms with Crippen LogP contribution in [0.5, 0.6) is 5.75 Å². The molecule has 0 fully saturated rings. The molecule has 0 amide bonds. The molecule has 4 heteroatoms. The number of methoxy groups -OCH3 is 1. The Balaban J connectivity index is 2.98. The number of nitrogens with two attached hydrogens (primary N) is 1. The minimum atomic E-state index is -0.424. The maximum Gasteiger partial charge on any atom is 0.143 e. The number of nitrogens with zero attached hydrogens (tertiary/aromatic N) is 1. The Labute approximate surface area is 112 Å². The number of ether oxygens (including phenoxy) is 1. The fourth-order valence-corrected chi connectivity index (χ4v) is 3.09. The molecular weight excluding hydrogens is 248 g/mol. The number of rotatable bonds is 2. The summed E-state index contributed by atoms with van der Waals surface area (Å²) >= 11 is 6.32. The Morgan fingerprint density at radius 2 is 1.94 bits per heavy atom. The number of benzene rings is 1. The summed E-state index contributed by atoms with van der Waals surface area (Å²) in [5, 5.41) is 1.75. The van der Waals surface area contributed by atoms with Crippen molar-refractivity contribution in [3.63, 3.8) is 0 Å². The molecule has 0 aliphatic heterocycles. The van der Waals surface area contributed by atoms with Gasteiger partial charge in [-0.1, -0.05) is 11.6 Å². The standard InChI is InChI=1S/C14H19ClN2O/c1-8-11-9(15)6-7-10(18-5)12(11)17(4)13(8)14(2,3)16/h6-7H,16H2,1-5H3. The maximum absolute atomic E-state index is 6.32. The fourth-order valence-electron chi connectivity index (χ4n) is 2.80. The molecule has 1 aromatic heterocycles. The van der Waals surface area contributed by atoms with Crippen molar-refractivity contribution in [2.24, 2.45) is 12.8 Å². The van der Waals surface area contributed by atoms with E-state index < -0.39 is 5.54 Å². The van der Waals surface area contributed by atoms with Crippen LogP contribution in [0.3, 0.4) is 0 Å². The second-order valence-corrected chi connectivity index (χ2v) is 5.63. The van der Waals surface area contributed by atoms with Crippen LogP contribution in [0.1, 0.15) is 25.1 Å². The zero-order chi connectivity index (χ0) is 13.7. The van der Waals surface area contributed by atoms with Crippen LogP contribution in [-0.2, 0) is 12.6 Å². The van der Waals surface area contributed by atoms with Crippen molar-refractivity contribution >= 4 is 22.5 Å². The van der Waals surface area contributed by atoms with Gasteiger partial charge < -0.3 is 15.0 Å². The first kappa shape index (κ1) is 13.2. The van der Waals surface area contributed by atoms with Crippen LogP contribution in [0.25, 0.3) is 10.9 Å². The lowest BCUT2D eigenvalue weighted by Gasteiger charge is -2.21. The Kier molecular flexibility index (Phi) is 3.07. The summed E-state index contributed by atoms with van der Waals surface area (Å²) in [6, 6.07) is 3.75. The van der Waals surface area contributed by atoms with Gasteiger partial charge in [0.1, 0.15) is 5.75 Å². The summed E-state index contributed by atoms with van der Waals surface area (Å²) < 4.78 is 7.50. The Hall–Kier alpha value is -1.19. The molecule has 98 valence electrons. The first-order valence-electron chi connectivity index (χ1n) is 5.90. The van der Waals surface area contributed by atoms with Crippen molar-refractivity contribution in [2.75, 3.05) is 7.11 Å². The molecule has 0 atom stereocenters. The molecule has 0 bridgehead atoms. The molecule has 0 aliphatic carbocycles. The third-order valence-electron chi connectivity index (χ3n) is 3.32. The first-order valence-corrected chi connectivity index (χ1v) is 6.27. The Bertz CT molecular complexity index is 609. The predicted molar refractivity (Wildman–Crippen MR) is 76.4 cm³/mol. The van der Waals surface area contributed by atoms with Crippen molar-refractivity contribution < 1.29 is 4.74 Å². The SMILES string of the molecule is COc1ccc(Cl)c2c(C)c(C(C)(C)N)n(C)c12. The molecule has 2 N–H and O–H groups in total. The van der Waals surface area contributed by atoms with Gasteiger partial charge in [0.25, 0.3) is 0 Å². The minimum absolute atomic E-state index is 0.424. The van der Waals surface area contributed by atoms with Crippen LogP contribution in [0.15, 0.2) is 12.1 Å². The van der Waals surface area contributed by atoms with Gasteiger partial charge in [-0.3, -0.25) is 0 Å². The average molecular weight is 267 g/mol. The van der Waals surface area contributed by atoms with Gasteiger partial charge in [0, 0.05) is 18.1 Å². The summed E-state index contributed by atoms with van der Waals surface area (Å²) in [5.41, 5.74) is 9.02. The minimum Gasteiger partial charge on any atom is -0.495 e. The highest BCUT2D eigenvalue weighted by Crippen LogP contribution is 2.39. The Morgan fingerprint density at radius 1 is 1.33 bits per heavy atom. The monoisotopic (exact) mass is 266 g/mol. The summed E-state index contributed by atoms with van der Waals surface area (Å²) in [7, 11) is 3.66. The van der Waals surface area contributed by atoms with Crippen LogP contribution in [0.4, 0.5) is 0 Å². The molecule has 0 unspecified atom stereocenters. The smallest absolute Gasteiger partial charge is 0.143 e. The molecular formula is C14H19ClN2O. The normalized spacial score (nSPS) is 12.2. The summed E-state index contributed by atoms with van der Waals surface area (Å²) in [4.78, 5) is 0. The van der Waals surface area contributed by atoms with E-state index in [4.69, 9.17) is 22.1 Å². The number of hydrogen-bond acceptors (Lipinski definition) is 2. The van der Waals surface area contributed by atoms with Crippen molar-refractivity contribution in [1.29, 1.82) is 0 Å². The van der Waals surface area contributed by atoms with E-state index >= 15 is 0 Å². The lowest BCUT2D eigenvalue weighted by molar-refractivity contribution is 0.417. The largest absolute Gasteiger partial charge is 0.495 e. The topological polar surface area (TPSA) is 40.2 Å². The second-order valence-electron chi connectivity index (χ2n) is 5.23. The van der Waals surface area contributed by atoms with Crippen LogP contribution in [-0.4, -0.2) is 11.7 Å². The maximum atomic E-state index is 6.32. The molecule has 0 saturated carbocycles. The lowest BCUT2D eigenvalue weighted by Crippen LogP contribution is -2.31. The van der Waals surface area contributed by atoms with Gasteiger partial charge in [-0.05, 0) is 38.5 Å². The number of aryl methyl sites for hydroxylation is 2. The highest BCUT2D eigenvalue weighted by Gasteiger charge is 2.26. The van der Waals surface area contributed by atoms with E-state index in [1.807, 2.05) is 33.0 Å². The van der Waals surface area contributed by atoms with E-state index in [9.17, 15) is 0 Å². The first-order chi connectivity index (χ1) is 8.29. The molecule has 0 radical (unpaired) electrons. The average Bonchev–Trinajstić information content (AvgIpc) is 2.52. The summed E-state index contributed by atoms with van der Waals surface area (Å²) in [6.07, 6.45) is 0. The highest BCUT2D eigenvalue weighted by molar-refractivity contribution is 6.36. The van der Waals surface area contributed by atoms with Gasteiger partial charge in [-0.25, -0.2) is 0 Å². The van der Waals surface area contributed by atoms with Crippen LogP contribution >= 0.6 is 11.6 Å². The van der Waals surface area contributed by atoms with Crippen LogP contribution in [0, 0.1) is 6.92 Å². The third-order valence-corrected chi connectivity index (χ3v) is 3.64. The number of halogens is 1. The van der Waals surface area contributed by atoms with Crippen molar-refractivity contribution in [3.8, 4) is 5.75 Å². The molecule has 2 aromatic rings. The van der Waals surface area contributed by atoms with Crippen LogP contribution in [0.2, 0.25) is 5.02 Å². The molecule has 2 rings (SSSR count). The Morgan fingerprint density at radius 3 is 2.44 bits per heavy atom. The molecule has 3 nitrogen and oxygen atoms in total. The van der Waals surface area contributed by atoms with Crippen molar-refractivity contribution in [3.05, 3.63) is 28.4 Å². The number of fused-ring (bicyclic) bond motifs is 1. The molecule has 18 heavy (non-hydrogen) atoms. The fraction of sp³-hybridized carbons (Fsp3) is 0.429. The number of hydrogen-bond donors (Lipinski definition) is 1. The molecule has 0 aliphatic rings. The molecule has 1 heterocycles. The van der Waals surface area contributed by atoms with Crippen LogP contribution < -0.4 is 10.5 Å². The van der Waals surface area contributed by atoms with Crippen molar-refractivity contribution in [2.45, 2.75) is 26.3 Å². The van der Waals surface area contributed by atoms with E-state index in [1.165, 1.54) is 0 Å². The molecule has 0 spiro atoms. The van der Waals surface area contributed by atoms with Crippen molar-refractivity contribution in [1.82, 2.24) is 4.57 Å².